The SMILES string of the molecule is NCCCc1cc(-c2coc3ncccc23)ccn1. The van der Waals surface area contributed by atoms with Gasteiger partial charge in [0.25, 0.3) is 0 Å². The summed E-state index contributed by atoms with van der Waals surface area (Å²) in [5.74, 6) is 0. The molecule has 0 saturated heterocycles. The van der Waals surface area contributed by atoms with Gasteiger partial charge in [-0.2, -0.15) is 0 Å². The van der Waals surface area contributed by atoms with Crippen LogP contribution in [0.1, 0.15) is 12.1 Å². The Morgan fingerprint density at radius 2 is 2.11 bits per heavy atom. The van der Waals surface area contributed by atoms with Crippen molar-refractivity contribution in [2.75, 3.05) is 6.54 Å². The monoisotopic (exact) mass is 253 g/mol. The summed E-state index contributed by atoms with van der Waals surface area (Å²) >= 11 is 0. The Labute approximate surface area is 111 Å². The van der Waals surface area contributed by atoms with E-state index in [-0.39, 0.29) is 0 Å². The van der Waals surface area contributed by atoms with Crippen LogP contribution >= 0.6 is 0 Å². The number of aromatic nitrogens is 2. The minimum atomic E-state index is 0.665. The molecule has 0 bridgehead atoms. The predicted octanol–water partition coefficient (Wildman–Crippen LogP) is 2.78. The first-order chi connectivity index (χ1) is 9.38. The van der Waals surface area contributed by atoms with E-state index in [1.807, 2.05) is 24.4 Å². The lowest BCUT2D eigenvalue weighted by molar-refractivity contribution is 0.604. The number of fused-ring (bicyclic) bond motifs is 1. The smallest absolute Gasteiger partial charge is 0.226 e. The molecule has 3 aromatic heterocycles. The maximum atomic E-state index is 5.53. The molecule has 2 N–H and O–H groups in total. The third-order valence-electron chi connectivity index (χ3n) is 3.11. The molecule has 0 radical (unpaired) electrons. The first-order valence-corrected chi connectivity index (χ1v) is 6.36. The van der Waals surface area contributed by atoms with Gasteiger partial charge in [-0.15, -0.1) is 0 Å². The molecule has 3 rings (SSSR count). The highest BCUT2D eigenvalue weighted by molar-refractivity contribution is 5.91. The molecule has 3 aromatic rings. The molecule has 0 fully saturated rings. The molecule has 0 aliphatic heterocycles. The Hall–Kier alpha value is -2.20. The van der Waals surface area contributed by atoms with Crippen molar-refractivity contribution in [1.29, 1.82) is 0 Å². The summed E-state index contributed by atoms with van der Waals surface area (Å²) < 4.78 is 5.47. The molecular weight excluding hydrogens is 238 g/mol. The van der Waals surface area contributed by atoms with Crippen LogP contribution in [0.15, 0.2) is 47.3 Å². The molecule has 0 aliphatic carbocycles. The Balaban J connectivity index is 2.01. The van der Waals surface area contributed by atoms with E-state index in [0.29, 0.717) is 12.3 Å². The number of furan rings is 1. The number of nitrogens with two attached hydrogens (primary N) is 1. The minimum Gasteiger partial charge on any atom is -0.445 e. The molecule has 96 valence electrons. The van der Waals surface area contributed by atoms with Crippen molar-refractivity contribution in [2.24, 2.45) is 5.73 Å². The lowest BCUT2D eigenvalue weighted by Crippen LogP contribution is -2.01. The average Bonchev–Trinajstić information content (AvgIpc) is 2.89. The van der Waals surface area contributed by atoms with Crippen LogP contribution in [0.5, 0.6) is 0 Å². The molecule has 0 saturated carbocycles. The normalized spacial score (nSPS) is 11.0. The summed E-state index contributed by atoms with van der Waals surface area (Å²) in [6.07, 6.45) is 7.16. The largest absolute Gasteiger partial charge is 0.445 e. The molecule has 0 aromatic carbocycles. The molecule has 0 amide bonds. The van der Waals surface area contributed by atoms with E-state index in [4.69, 9.17) is 10.2 Å². The van der Waals surface area contributed by atoms with Gasteiger partial charge in [0.05, 0.1) is 0 Å². The maximum absolute atomic E-state index is 5.53. The number of pyridine rings is 2. The van der Waals surface area contributed by atoms with E-state index in [9.17, 15) is 0 Å². The van der Waals surface area contributed by atoms with E-state index in [2.05, 4.69) is 16.0 Å². The predicted molar refractivity (Wildman–Crippen MR) is 74.6 cm³/mol. The van der Waals surface area contributed by atoms with Crippen molar-refractivity contribution >= 4 is 11.1 Å². The first-order valence-electron chi connectivity index (χ1n) is 6.36. The highest BCUT2D eigenvalue weighted by Gasteiger charge is 2.09. The van der Waals surface area contributed by atoms with E-state index in [1.165, 1.54) is 0 Å². The fourth-order valence-electron chi connectivity index (χ4n) is 2.16. The van der Waals surface area contributed by atoms with Crippen LogP contribution in [0.4, 0.5) is 0 Å². The lowest BCUT2D eigenvalue weighted by Gasteiger charge is -2.02. The van der Waals surface area contributed by atoms with E-state index >= 15 is 0 Å². The molecule has 19 heavy (non-hydrogen) atoms. The summed E-state index contributed by atoms with van der Waals surface area (Å²) in [5.41, 5.74) is 9.41. The number of hydrogen-bond donors (Lipinski definition) is 1. The quantitative estimate of drug-likeness (QED) is 0.776. The van der Waals surface area contributed by atoms with Crippen LogP contribution < -0.4 is 5.73 Å². The van der Waals surface area contributed by atoms with Gasteiger partial charge < -0.3 is 10.2 Å². The van der Waals surface area contributed by atoms with Gasteiger partial charge >= 0.3 is 0 Å². The highest BCUT2D eigenvalue weighted by atomic mass is 16.3. The average molecular weight is 253 g/mol. The molecule has 4 nitrogen and oxygen atoms in total. The van der Waals surface area contributed by atoms with Crippen LogP contribution in [0, 0.1) is 0 Å². The summed E-state index contributed by atoms with van der Waals surface area (Å²) in [4.78, 5) is 8.57. The van der Waals surface area contributed by atoms with Crippen LogP contribution in [-0.4, -0.2) is 16.5 Å². The van der Waals surface area contributed by atoms with Gasteiger partial charge in [0.15, 0.2) is 0 Å². The number of rotatable bonds is 4. The third kappa shape index (κ3) is 2.35. The summed E-state index contributed by atoms with van der Waals surface area (Å²) in [7, 11) is 0. The molecule has 0 spiro atoms. The first kappa shape index (κ1) is 11.9. The fourth-order valence-corrected chi connectivity index (χ4v) is 2.16. The maximum Gasteiger partial charge on any atom is 0.226 e. The second-order valence-corrected chi connectivity index (χ2v) is 4.43. The zero-order valence-corrected chi connectivity index (χ0v) is 10.5. The number of hydrogen-bond acceptors (Lipinski definition) is 4. The summed E-state index contributed by atoms with van der Waals surface area (Å²) in [6, 6.07) is 8.01. The molecule has 0 unspecified atom stereocenters. The standard InChI is InChI=1S/C15H15N3O/c16-6-1-3-12-9-11(5-8-17-12)14-10-19-15-13(14)4-2-7-18-15/h2,4-5,7-10H,1,3,6,16H2. The number of aryl methyl sites for hydroxylation is 1. The Kier molecular flexibility index (Phi) is 3.25. The van der Waals surface area contributed by atoms with Crippen LogP contribution in [0.2, 0.25) is 0 Å². The Morgan fingerprint density at radius 3 is 3.00 bits per heavy atom. The van der Waals surface area contributed by atoms with Gasteiger partial charge in [0.2, 0.25) is 5.71 Å². The number of nitrogens with zero attached hydrogens (tertiary/aromatic N) is 2. The van der Waals surface area contributed by atoms with Gasteiger partial charge in [-0.3, -0.25) is 4.98 Å². The van der Waals surface area contributed by atoms with Crippen molar-refractivity contribution in [3.63, 3.8) is 0 Å². The van der Waals surface area contributed by atoms with Gasteiger partial charge in [-0.1, -0.05) is 0 Å². The van der Waals surface area contributed by atoms with Crippen LogP contribution in [0.3, 0.4) is 0 Å². The van der Waals surface area contributed by atoms with E-state index in [1.54, 1.807) is 12.5 Å². The molecule has 0 aliphatic rings. The van der Waals surface area contributed by atoms with Gasteiger partial charge in [0.1, 0.15) is 6.26 Å². The van der Waals surface area contributed by atoms with Crippen LogP contribution in [-0.2, 0) is 6.42 Å². The highest BCUT2D eigenvalue weighted by Crippen LogP contribution is 2.29. The summed E-state index contributed by atoms with van der Waals surface area (Å²) in [5, 5.41) is 1.03. The van der Waals surface area contributed by atoms with Crippen LogP contribution in [0.25, 0.3) is 22.2 Å². The molecular formula is C15H15N3O. The van der Waals surface area contributed by atoms with Gasteiger partial charge in [-0.25, -0.2) is 4.98 Å². The Morgan fingerprint density at radius 1 is 1.16 bits per heavy atom. The van der Waals surface area contributed by atoms with E-state index < -0.39 is 0 Å². The second-order valence-electron chi connectivity index (χ2n) is 4.43. The topological polar surface area (TPSA) is 64.9 Å². The molecule has 0 atom stereocenters. The van der Waals surface area contributed by atoms with Crippen molar-refractivity contribution in [1.82, 2.24) is 9.97 Å². The minimum absolute atomic E-state index is 0.665. The van der Waals surface area contributed by atoms with Crippen molar-refractivity contribution in [2.45, 2.75) is 12.8 Å². The second kappa shape index (κ2) is 5.20. The zero-order valence-electron chi connectivity index (χ0n) is 10.5. The van der Waals surface area contributed by atoms with Crippen molar-refractivity contribution in [3.8, 4) is 11.1 Å². The third-order valence-corrected chi connectivity index (χ3v) is 3.11. The van der Waals surface area contributed by atoms with Crippen molar-refractivity contribution in [3.05, 3.63) is 48.6 Å². The summed E-state index contributed by atoms with van der Waals surface area (Å²) in [6.45, 7) is 0.685. The molecule has 3 heterocycles. The Bertz CT molecular complexity index is 690. The molecule has 4 heteroatoms. The lowest BCUT2D eigenvalue weighted by atomic mass is 10.1. The van der Waals surface area contributed by atoms with Crippen molar-refractivity contribution < 1.29 is 4.42 Å². The van der Waals surface area contributed by atoms with E-state index in [0.717, 1.165) is 35.0 Å². The van der Waals surface area contributed by atoms with Gasteiger partial charge in [-0.05, 0) is 49.2 Å². The zero-order chi connectivity index (χ0) is 13.1. The fraction of sp³-hybridized carbons (Fsp3) is 0.200. The van der Waals surface area contributed by atoms with Gasteiger partial charge in [0, 0.05) is 29.0 Å².